The van der Waals surface area contributed by atoms with Gasteiger partial charge in [-0.3, -0.25) is 9.78 Å². The van der Waals surface area contributed by atoms with Gasteiger partial charge in [-0.1, -0.05) is 31.2 Å². The molecule has 3 aromatic rings. The Balaban J connectivity index is 1.36. The number of nitrogens with zero attached hydrogens (tertiary/aromatic N) is 4. The molecule has 6 nitrogen and oxygen atoms in total. The third kappa shape index (κ3) is 3.92. The molecule has 28 heavy (non-hydrogen) atoms. The Morgan fingerprint density at radius 1 is 1.21 bits per heavy atom. The van der Waals surface area contributed by atoms with Crippen LogP contribution >= 0.6 is 0 Å². The number of imidazole rings is 1. The number of likely N-dealkylation sites (tertiary alicyclic amines) is 1. The molecule has 0 aliphatic carbocycles. The van der Waals surface area contributed by atoms with Gasteiger partial charge in [-0.2, -0.15) is 0 Å². The first-order valence-corrected chi connectivity index (χ1v) is 9.94. The van der Waals surface area contributed by atoms with E-state index in [9.17, 15) is 9.90 Å². The highest BCUT2D eigenvalue weighted by Crippen LogP contribution is 2.23. The van der Waals surface area contributed by atoms with Crippen molar-refractivity contribution in [3.63, 3.8) is 0 Å². The summed E-state index contributed by atoms with van der Waals surface area (Å²) in [5.74, 6) is 1.11. The number of hydrogen-bond acceptors (Lipinski definition) is 4. The topological polar surface area (TPSA) is 71.2 Å². The van der Waals surface area contributed by atoms with Crippen molar-refractivity contribution < 1.29 is 9.90 Å². The lowest BCUT2D eigenvalue weighted by molar-refractivity contribution is -0.130. The summed E-state index contributed by atoms with van der Waals surface area (Å²) >= 11 is 0. The summed E-state index contributed by atoms with van der Waals surface area (Å²) in [5, 5.41) is 11.6. The molecule has 4 rings (SSSR count). The van der Waals surface area contributed by atoms with Crippen LogP contribution in [0.5, 0.6) is 0 Å². The van der Waals surface area contributed by atoms with Gasteiger partial charge >= 0.3 is 0 Å². The van der Waals surface area contributed by atoms with Crippen LogP contribution < -0.4 is 0 Å². The molecular weight excluding hydrogens is 352 g/mol. The van der Waals surface area contributed by atoms with E-state index in [4.69, 9.17) is 4.98 Å². The second kappa shape index (κ2) is 8.10. The number of hydrogen-bond donors (Lipinski definition) is 1. The number of aliphatic hydroxyl groups is 1. The van der Waals surface area contributed by atoms with E-state index < -0.39 is 6.10 Å². The fourth-order valence-corrected chi connectivity index (χ4v) is 3.98. The number of carbonyl (C=O) groups excluding carboxylic acids is 1. The number of amides is 1. The minimum Gasteiger partial charge on any atom is -0.391 e. The summed E-state index contributed by atoms with van der Waals surface area (Å²) in [6.45, 7) is 3.68. The maximum absolute atomic E-state index is 12.6. The number of rotatable bonds is 6. The van der Waals surface area contributed by atoms with Crippen LogP contribution in [0.15, 0.2) is 48.8 Å². The first-order chi connectivity index (χ1) is 13.6. The van der Waals surface area contributed by atoms with Gasteiger partial charge < -0.3 is 14.6 Å². The van der Waals surface area contributed by atoms with E-state index in [0.29, 0.717) is 32.5 Å². The van der Waals surface area contributed by atoms with Gasteiger partial charge in [0, 0.05) is 61.9 Å². The van der Waals surface area contributed by atoms with Gasteiger partial charge in [-0.25, -0.2) is 4.98 Å². The van der Waals surface area contributed by atoms with Crippen molar-refractivity contribution in [3.8, 4) is 0 Å². The summed E-state index contributed by atoms with van der Waals surface area (Å²) in [6.07, 6.45) is 5.14. The van der Waals surface area contributed by atoms with E-state index in [0.717, 1.165) is 28.8 Å². The zero-order chi connectivity index (χ0) is 19.5. The van der Waals surface area contributed by atoms with Crippen molar-refractivity contribution in [2.45, 2.75) is 38.8 Å². The fourth-order valence-electron chi connectivity index (χ4n) is 3.98. The second-order valence-electron chi connectivity index (χ2n) is 7.47. The molecule has 146 valence electrons. The van der Waals surface area contributed by atoms with Crippen LogP contribution in [0, 0.1) is 5.92 Å². The molecule has 6 heteroatoms. The lowest BCUT2D eigenvalue weighted by atomic mass is 9.99. The molecule has 0 saturated carbocycles. The second-order valence-corrected chi connectivity index (χ2v) is 7.47. The van der Waals surface area contributed by atoms with Crippen molar-refractivity contribution in [3.05, 3.63) is 60.3 Å². The quantitative estimate of drug-likeness (QED) is 0.715. The molecule has 1 aliphatic heterocycles. The van der Waals surface area contributed by atoms with E-state index in [1.165, 1.54) is 0 Å². The standard InChI is InChI=1S/C22H26N4O2/c1-2-21-23-10-12-25(21)11-9-22(28)26-14-17(20(27)15-26)13-18-8-7-16-5-3-4-6-19(16)24-18/h3-8,10,12,17,20,27H,2,9,11,13-15H2,1H3/t17-,20-/m1/s1. The van der Waals surface area contributed by atoms with Crippen LogP contribution in [0.25, 0.3) is 10.9 Å². The van der Waals surface area contributed by atoms with Crippen LogP contribution in [0.3, 0.4) is 0 Å². The van der Waals surface area contributed by atoms with E-state index in [2.05, 4.69) is 18.0 Å². The number of pyridine rings is 1. The molecule has 0 unspecified atom stereocenters. The van der Waals surface area contributed by atoms with Gasteiger partial charge in [-0.05, 0) is 18.6 Å². The van der Waals surface area contributed by atoms with E-state index in [1.807, 2.05) is 41.1 Å². The van der Waals surface area contributed by atoms with Crippen molar-refractivity contribution in [2.24, 2.45) is 5.92 Å². The van der Waals surface area contributed by atoms with Crippen LogP contribution in [0.2, 0.25) is 0 Å². The molecule has 1 N–H and O–H groups in total. The van der Waals surface area contributed by atoms with E-state index in [1.54, 1.807) is 11.1 Å². The lowest BCUT2D eigenvalue weighted by Gasteiger charge is -2.17. The molecule has 1 aliphatic rings. The highest BCUT2D eigenvalue weighted by molar-refractivity contribution is 5.78. The van der Waals surface area contributed by atoms with Crippen molar-refractivity contribution in [1.82, 2.24) is 19.4 Å². The zero-order valence-electron chi connectivity index (χ0n) is 16.2. The predicted octanol–water partition coefficient (Wildman–Crippen LogP) is 2.45. The predicted molar refractivity (Wildman–Crippen MR) is 108 cm³/mol. The Hall–Kier alpha value is -2.73. The van der Waals surface area contributed by atoms with Gasteiger partial charge in [0.25, 0.3) is 0 Å². The third-order valence-electron chi connectivity index (χ3n) is 5.57. The Kier molecular flexibility index (Phi) is 5.39. The Morgan fingerprint density at radius 2 is 2.07 bits per heavy atom. The molecule has 0 radical (unpaired) electrons. The molecule has 1 amide bonds. The summed E-state index contributed by atoms with van der Waals surface area (Å²) < 4.78 is 2.03. The van der Waals surface area contributed by atoms with Crippen LogP contribution in [-0.4, -0.2) is 49.6 Å². The van der Waals surface area contributed by atoms with Gasteiger partial charge in [0.2, 0.25) is 5.91 Å². The molecule has 3 heterocycles. The largest absolute Gasteiger partial charge is 0.391 e. The molecule has 0 bridgehead atoms. The van der Waals surface area contributed by atoms with Crippen LogP contribution in [0.4, 0.5) is 0 Å². The zero-order valence-corrected chi connectivity index (χ0v) is 16.2. The minimum absolute atomic E-state index is 0.0251. The van der Waals surface area contributed by atoms with Gasteiger partial charge in [0.1, 0.15) is 5.82 Å². The molecule has 1 aromatic carbocycles. The highest BCUT2D eigenvalue weighted by atomic mass is 16.3. The number of aliphatic hydroxyl groups excluding tert-OH is 1. The maximum Gasteiger partial charge on any atom is 0.224 e. The molecule has 1 saturated heterocycles. The first-order valence-electron chi connectivity index (χ1n) is 9.94. The van der Waals surface area contributed by atoms with Crippen molar-refractivity contribution >= 4 is 16.8 Å². The normalized spacial score (nSPS) is 19.4. The number of aryl methyl sites for hydroxylation is 2. The number of aromatic nitrogens is 3. The molecule has 0 spiro atoms. The van der Waals surface area contributed by atoms with Gasteiger partial charge in [-0.15, -0.1) is 0 Å². The summed E-state index contributed by atoms with van der Waals surface area (Å²) in [4.78, 5) is 23.4. The summed E-state index contributed by atoms with van der Waals surface area (Å²) in [5.41, 5.74) is 1.93. The van der Waals surface area contributed by atoms with Crippen LogP contribution in [-0.2, 0) is 24.2 Å². The smallest absolute Gasteiger partial charge is 0.224 e. The SMILES string of the molecule is CCc1nccn1CCC(=O)N1C[C@@H](Cc2ccc3ccccc3n2)[C@H](O)C1. The molecular formula is C22H26N4O2. The van der Waals surface area contributed by atoms with E-state index in [-0.39, 0.29) is 11.8 Å². The van der Waals surface area contributed by atoms with Crippen molar-refractivity contribution in [2.75, 3.05) is 13.1 Å². The Bertz CT molecular complexity index is 968. The average Bonchev–Trinajstić information content (AvgIpc) is 3.32. The Labute approximate surface area is 164 Å². The number of β-amino-alcohol motifs (C(OH)–C–C–N with tert-alkyl or cyclic N) is 1. The molecule has 2 atom stereocenters. The van der Waals surface area contributed by atoms with Gasteiger partial charge in [0.15, 0.2) is 0 Å². The highest BCUT2D eigenvalue weighted by Gasteiger charge is 2.34. The molecule has 2 aromatic heterocycles. The summed E-state index contributed by atoms with van der Waals surface area (Å²) in [6, 6.07) is 12.1. The van der Waals surface area contributed by atoms with Gasteiger partial charge in [0.05, 0.1) is 11.6 Å². The van der Waals surface area contributed by atoms with Crippen molar-refractivity contribution in [1.29, 1.82) is 0 Å². The number of fused-ring (bicyclic) bond motifs is 1. The molecule has 1 fully saturated rings. The lowest BCUT2D eigenvalue weighted by Crippen LogP contribution is -2.30. The first kappa shape index (κ1) is 18.6. The number of carbonyl (C=O) groups is 1. The monoisotopic (exact) mass is 378 g/mol. The fraction of sp³-hybridized carbons (Fsp3) is 0.409. The summed E-state index contributed by atoms with van der Waals surface area (Å²) in [7, 11) is 0. The third-order valence-corrected chi connectivity index (χ3v) is 5.57. The Morgan fingerprint density at radius 3 is 2.93 bits per heavy atom. The number of para-hydroxylation sites is 1. The van der Waals surface area contributed by atoms with E-state index >= 15 is 0 Å². The number of benzene rings is 1. The minimum atomic E-state index is -0.503. The maximum atomic E-state index is 12.6. The average molecular weight is 378 g/mol. The van der Waals surface area contributed by atoms with Crippen LogP contribution in [0.1, 0.15) is 24.9 Å².